The molecule has 0 radical (unpaired) electrons. The fraction of sp³-hybridized carbons (Fsp3) is 0.771. The lowest BCUT2D eigenvalue weighted by Gasteiger charge is -2.23. The largest absolute Gasteiger partial charge is 0.453 e. The molecule has 22 N–H and O–H groups in total. The van der Waals surface area contributed by atoms with E-state index < -0.39 is 151 Å². The van der Waals surface area contributed by atoms with E-state index in [1.807, 2.05) is 55.4 Å². The first-order valence-corrected chi connectivity index (χ1v) is 37.5. The van der Waals surface area contributed by atoms with Crippen LogP contribution in [-0.2, 0) is 76.6 Å². The highest BCUT2D eigenvalue weighted by Gasteiger charge is 2.27. The van der Waals surface area contributed by atoms with Gasteiger partial charge in [-0.15, -0.1) is 0 Å². The second-order valence-corrected chi connectivity index (χ2v) is 27.4. The van der Waals surface area contributed by atoms with Crippen molar-refractivity contribution < 1.29 is 86.2 Å². The first kappa shape index (κ1) is 101. The van der Waals surface area contributed by atoms with Gasteiger partial charge in [0.15, 0.2) is 0 Å². The summed E-state index contributed by atoms with van der Waals surface area (Å²) < 4.78 is 9.13. The lowest BCUT2D eigenvalue weighted by Crippen LogP contribution is -2.49. The highest BCUT2D eigenvalue weighted by Crippen LogP contribution is 2.09. The van der Waals surface area contributed by atoms with Crippen molar-refractivity contribution in [2.45, 2.75) is 258 Å². The number of nitrogens with one attached hydrogen (secondary N) is 14. The Morgan fingerprint density at radius 3 is 0.787 bits per heavy atom. The average Bonchev–Trinajstić information content (AvgIpc) is 0.901. The normalized spacial score (nSPS) is 12.6. The second kappa shape index (κ2) is 60.9. The number of hydrogen-bond acceptors (Lipinski definition) is 22. The standard InChI is InChI=1S/C35H66N10O10.C35H66N10O8/c1-23(2)42-25(31(36)49)13-7-10-17-38-28(46)21-45(22-29(47)39-18-11-8-14-26(32(37)50)43-24(3)4)30(48)16-20-40-33(51)27(44-35(53)55-6)15-9-12-19-41-34(52)54-5;1-23(2)42-27(33(36)51)13-7-11-18-39-30(48)21-45(22-31(49)40-19-12-8-14-28(34(37)52)43-24(3)4)32(50)16-20-41-35(53)29(44-26(6)47)15-9-10-17-38-25(5)46/h23-27,42-43H,7-22H2,1-6H3,(H2,36,49)(H2,37,50)(H,38,46)(H,39,47)(H,40,51)(H,41,52)(H,44,53);23-24,27-29,42-43H,7-22H2,1-6H3,(H2,36,51)(H2,37,52)(H,38,46)(H,39,48)(H,40,49)(H,41,53)(H,44,47)/t25?,26?,27-;27?,28?,29-/m00/s1. The quantitative estimate of drug-likeness (QED) is 0.0275. The number of nitrogens with two attached hydrogens (primary N) is 4. The molecule has 0 saturated heterocycles. The van der Waals surface area contributed by atoms with Gasteiger partial charge >= 0.3 is 12.2 Å². The van der Waals surface area contributed by atoms with Gasteiger partial charge in [-0.2, -0.15) is 0 Å². The summed E-state index contributed by atoms with van der Waals surface area (Å²) in [7, 11) is 2.39. The highest BCUT2D eigenvalue weighted by molar-refractivity contribution is 5.92. The van der Waals surface area contributed by atoms with Gasteiger partial charge in [-0.05, 0) is 116 Å². The van der Waals surface area contributed by atoms with E-state index in [0.29, 0.717) is 122 Å². The zero-order valence-electron chi connectivity index (χ0n) is 66.0. The lowest BCUT2D eigenvalue weighted by atomic mass is 10.1. The second-order valence-electron chi connectivity index (χ2n) is 27.4. The Kier molecular flexibility index (Phi) is 57.0. The van der Waals surface area contributed by atoms with Crippen LogP contribution in [0.3, 0.4) is 0 Å². The number of methoxy groups -OCH3 is 2. The van der Waals surface area contributed by atoms with Crippen LogP contribution in [0.5, 0.6) is 0 Å². The Morgan fingerprint density at radius 2 is 0.546 bits per heavy atom. The number of carbonyl (C=O) groups is 16. The van der Waals surface area contributed by atoms with Gasteiger partial charge < -0.3 is 117 Å². The van der Waals surface area contributed by atoms with Gasteiger partial charge in [0.05, 0.1) is 38.4 Å². The van der Waals surface area contributed by atoms with E-state index in [4.69, 9.17) is 22.9 Å². The summed E-state index contributed by atoms with van der Waals surface area (Å²) in [6.07, 6.45) is 7.33. The fourth-order valence-electron chi connectivity index (χ4n) is 10.6. The maximum atomic E-state index is 13.3. The summed E-state index contributed by atoms with van der Waals surface area (Å²) in [4.78, 5) is 199. The number of amides is 16. The summed E-state index contributed by atoms with van der Waals surface area (Å²) in [6, 6.07) is -3.50. The maximum Gasteiger partial charge on any atom is 0.407 e. The van der Waals surface area contributed by atoms with E-state index in [0.717, 1.165) is 16.9 Å². The minimum atomic E-state index is -0.993. The van der Waals surface area contributed by atoms with Gasteiger partial charge in [0.25, 0.3) is 0 Å². The van der Waals surface area contributed by atoms with Gasteiger partial charge in [-0.25, -0.2) is 9.59 Å². The lowest BCUT2D eigenvalue weighted by molar-refractivity contribution is -0.139. The van der Waals surface area contributed by atoms with Crippen molar-refractivity contribution in [3.63, 3.8) is 0 Å². The molecule has 0 saturated carbocycles. The molecule has 16 amide bonds. The smallest absolute Gasteiger partial charge is 0.407 e. The van der Waals surface area contributed by atoms with Gasteiger partial charge in [-0.3, -0.25) is 67.1 Å². The molecule has 38 nitrogen and oxygen atoms in total. The van der Waals surface area contributed by atoms with E-state index in [2.05, 4.69) is 83.9 Å². The predicted molar refractivity (Wildman–Crippen MR) is 405 cm³/mol. The number of alkyl carbamates (subject to hydrolysis) is 2. The number of unbranched alkanes of at least 4 members (excludes halogenated alkanes) is 6. The third-order valence-electron chi connectivity index (χ3n) is 16.0. The topological polar surface area (TPSA) is 571 Å². The molecule has 38 heteroatoms. The molecule has 0 aromatic heterocycles. The number of primary amides is 4. The van der Waals surface area contributed by atoms with Crippen LogP contribution < -0.4 is 97.4 Å². The van der Waals surface area contributed by atoms with E-state index in [9.17, 15) is 76.7 Å². The molecule has 0 aliphatic rings. The number of ether oxygens (including phenoxy) is 2. The Labute approximate surface area is 636 Å². The van der Waals surface area contributed by atoms with Crippen molar-refractivity contribution in [1.29, 1.82) is 0 Å². The van der Waals surface area contributed by atoms with Crippen LogP contribution in [0.4, 0.5) is 9.59 Å². The van der Waals surface area contributed by atoms with Gasteiger partial charge in [0.1, 0.15) is 38.3 Å². The monoisotopic (exact) mass is 1540 g/mol. The van der Waals surface area contributed by atoms with E-state index in [1.54, 1.807) is 0 Å². The molecular weight excluding hydrogens is 1410 g/mol. The van der Waals surface area contributed by atoms with Gasteiger partial charge in [0.2, 0.25) is 82.7 Å². The Morgan fingerprint density at radius 1 is 0.296 bits per heavy atom. The van der Waals surface area contributed by atoms with Gasteiger partial charge in [0, 0.05) is 103 Å². The number of hydrogen-bond donors (Lipinski definition) is 18. The minimum absolute atomic E-state index is 0.0681. The van der Waals surface area contributed by atoms with Crippen molar-refractivity contribution in [2.24, 2.45) is 22.9 Å². The van der Waals surface area contributed by atoms with Crippen molar-refractivity contribution in [3.05, 3.63) is 0 Å². The molecule has 0 spiro atoms. The van der Waals surface area contributed by atoms with Crippen LogP contribution in [0, 0.1) is 0 Å². The van der Waals surface area contributed by atoms with Crippen LogP contribution >= 0.6 is 0 Å². The number of rotatable bonds is 60. The molecule has 0 bridgehead atoms. The van der Waals surface area contributed by atoms with E-state index in [1.165, 1.54) is 21.0 Å². The number of nitrogens with zero attached hydrogens (tertiary/aromatic N) is 2. The van der Waals surface area contributed by atoms with Crippen LogP contribution in [-0.4, -0.2) is 258 Å². The highest BCUT2D eigenvalue weighted by atomic mass is 16.5. The first-order chi connectivity index (χ1) is 50.9. The molecule has 0 fully saturated rings. The maximum absolute atomic E-state index is 13.3. The first-order valence-electron chi connectivity index (χ1n) is 37.5. The van der Waals surface area contributed by atoms with Crippen LogP contribution in [0.1, 0.15) is 198 Å². The molecule has 6 atom stereocenters. The Balaban J connectivity index is 0. The summed E-state index contributed by atoms with van der Waals surface area (Å²) >= 11 is 0. The molecular formula is C70H132N20O18. The molecule has 0 aliphatic carbocycles. The molecule has 620 valence electrons. The predicted octanol–water partition coefficient (Wildman–Crippen LogP) is -2.74. The minimum Gasteiger partial charge on any atom is -0.453 e. The zero-order chi connectivity index (χ0) is 82.1. The summed E-state index contributed by atoms with van der Waals surface area (Å²) in [5.41, 5.74) is 21.9. The third kappa shape index (κ3) is 55.4. The average molecular weight is 1540 g/mol. The Bertz CT molecular complexity index is 2660. The van der Waals surface area contributed by atoms with E-state index in [-0.39, 0.29) is 88.6 Å². The fourth-order valence-corrected chi connectivity index (χ4v) is 10.6. The van der Waals surface area contributed by atoms with Crippen LogP contribution in [0.25, 0.3) is 0 Å². The molecule has 0 aromatic carbocycles. The van der Waals surface area contributed by atoms with Crippen molar-refractivity contribution in [1.82, 2.24) is 84.2 Å². The Hall–Kier alpha value is -9.04. The summed E-state index contributed by atoms with van der Waals surface area (Å²) in [5, 5.41) is 38.8. The number of carbonyl (C=O) groups excluding carboxylic acids is 16. The molecule has 108 heavy (non-hydrogen) atoms. The molecule has 4 unspecified atom stereocenters. The third-order valence-corrected chi connectivity index (χ3v) is 16.0. The summed E-state index contributed by atoms with van der Waals surface area (Å²) in [6.45, 7) is 17.9. The van der Waals surface area contributed by atoms with Gasteiger partial charge in [-0.1, -0.05) is 55.4 Å². The van der Waals surface area contributed by atoms with Crippen LogP contribution in [0.15, 0.2) is 0 Å². The van der Waals surface area contributed by atoms with Crippen molar-refractivity contribution in [3.8, 4) is 0 Å². The van der Waals surface area contributed by atoms with Crippen molar-refractivity contribution in [2.75, 3.05) is 92.8 Å². The van der Waals surface area contributed by atoms with Crippen LogP contribution in [0.2, 0.25) is 0 Å². The van der Waals surface area contributed by atoms with Crippen molar-refractivity contribution >= 4 is 94.9 Å². The molecule has 0 rings (SSSR count). The molecule has 0 heterocycles. The zero-order valence-corrected chi connectivity index (χ0v) is 66.0. The van der Waals surface area contributed by atoms with E-state index >= 15 is 0 Å². The molecule has 0 aliphatic heterocycles. The molecule has 0 aromatic rings. The summed E-state index contributed by atoms with van der Waals surface area (Å²) in [5.74, 6) is -6.54. The SMILES string of the molecule is CC(=O)NCCCC[C@H](NC(C)=O)C(=O)NCCC(=O)N(CC(=O)NCCCCC(NC(C)C)C(N)=O)CC(=O)NCCCCC(NC(C)C)C(N)=O.COC(=O)NCCCC[C@H](NC(=O)OC)C(=O)NCCC(=O)N(CC(=O)NCCCCC(NC(C)C)C(N)=O)CC(=O)NCCCCC(NC(C)C)C(N)=O.